The molecule has 2 aliphatic heterocycles. The molecule has 3 rings (SSSR count). The van der Waals surface area contributed by atoms with Crippen LogP contribution >= 0.6 is 0 Å². The van der Waals surface area contributed by atoms with Crippen molar-refractivity contribution in [2.75, 3.05) is 26.4 Å². The van der Waals surface area contributed by atoms with Crippen LogP contribution in [0, 0.1) is 5.92 Å². The lowest BCUT2D eigenvalue weighted by Crippen LogP contribution is -2.34. The Morgan fingerprint density at radius 2 is 1.95 bits per heavy atom. The molecule has 0 radical (unpaired) electrons. The number of benzene rings is 1. The molecule has 5 nitrogen and oxygen atoms in total. The Bertz CT molecular complexity index is 515. The average Bonchev–Trinajstić information content (AvgIpc) is 2.95. The third-order valence-electron chi connectivity index (χ3n) is 3.52. The average molecular weight is 277 g/mol. The smallest absolute Gasteiger partial charge is 0.227 e. The molecule has 20 heavy (non-hydrogen) atoms. The second-order valence-electron chi connectivity index (χ2n) is 5.31. The van der Waals surface area contributed by atoms with E-state index >= 15 is 0 Å². The normalized spacial score (nSPS) is 21.4. The molecular weight excluding hydrogens is 258 g/mol. The second kappa shape index (κ2) is 5.32. The fourth-order valence-corrected chi connectivity index (χ4v) is 2.52. The maximum Gasteiger partial charge on any atom is 0.227 e. The Hall–Kier alpha value is -1.75. The highest BCUT2D eigenvalue weighted by molar-refractivity contribution is 5.78. The number of carbonyl (C=O) groups is 1. The number of rotatable bonds is 2. The molecule has 2 heterocycles. The first-order valence-electron chi connectivity index (χ1n) is 6.98. The van der Waals surface area contributed by atoms with Gasteiger partial charge in [0.2, 0.25) is 5.91 Å². The molecule has 0 spiro atoms. The highest BCUT2D eigenvalue weighted by atomic mass is 16.6. The van der Waals surface area contributed by atoms with Crippen molar-refractivity contribution in [1.82, 2.24) is 4.90 Å². The molecule has 0 bridgehead atoms. The van der Waals surface area contributed by atoms with Crippen molar-refractivity contribution >= 4 is 5.91 Å². The molecule has 0 N–H and O–H groups in total. The maximum atomic E-state index is 12.2. The molecular formula is C15H19NO4. The van der Waals surface area contributed by atoms with Gasteiger partial charge in [0, 0.05) is 18.0 Å². The van der Waals surface area contributed by atoms with E-state index in [0.29, 0.717) is 26.4 Å². The summed E-state index contributed by atoms with van der Waals surface area (Å²) in [6.45, 7) is 6.14. The highest BCUT2D eigenvalue weighted by Gasteiger charge is 2.32. The van der Waals surface area contributed by atoms with E-state index in [1.807, 2.05) is 32.0 Å². The minimum absolute atomic E-state index is 0.0311. The number of nitrogens with zero attached hydrogens (tertiary/aromatic N) is 1. The summed E-state index contributed by atoms with van der Waals surface area (Å²) in [6, 6.07) is 5.72. The fourth-order valence-electron chi connectivity index (χ4n) is 2.52. The van der Waals surface area contributed by atoms with Gasteiger partial charge in [-0.25, -0.2) is 0 Å². The first-order valence-corrected chi connectivity index (χ1v) is 6.98. The van der Waals surface area contributed by atoms with Crippen LogP contribution in [0.25, 0.3) is 0 Å². The number of fused-ring (bicyclic) bond motifs is 1. The van der Waals surface area contributed by atoms with E-state index in [4.69, 9.17) is 14.2 Å². The van der Waals surface area contributed by atoms with Gasteiger partial charge in [-0.2, -0.15) is 0 Å². The second-order valence-corrected chi connectivity index (χ2v) is 5.31. The van der Waals surface area contributed by atoms with Crippen LogP contribution in [-0.2, 0) is 9.53 Å². The van der Waals surface area contributed by atoms with Gasteiger partial charge in [-0.15, -0.1) is 0 Å². The van der Waals surface area contributed by atoms with E-state index in [9.17, 15) is 4.79 Å². The van der Waals surface area contributed by atoms with Crippen molar-refractivity contribution in [2.24, 2.45) is 5.92 Å². The lowest BCUT2D eigenvalue weighted by molar-refractivity contribution is -0.139. The topological polar surface area (TPSA) is 48.0 Å². The number of hydrogen-bond acceptors (Lipinski definition) is 4. The van der Waals surface area contributed by atoms with Crippen molar-refractivity contribution in [1.29, 1.82) is 0 Å². The van der Waals surface area contributed by atoms with E-state index < -0.39 is 0 Å². The van der Waals surface area contributed by atoms with Gasteiger partial charge in [-0.3, -0.25) is 4.79 Å². The Labute approximate surface area is 118 Å². The standard InChI is InChI=1S/C15H19NO4/c1-10(2)14(17)16-5-6-20-15(16)11-3-4-12-13(9-11)19-8-7-18-12/h3-4,9-10,15H,5-8H2,1-2H3. The number of amides is 1. The Balaban J connectivity index is 1.86. The summed E-state index contributed by atoms with van der Waals surface area (Å²) in [5.41, 5.74) is 0.931. The maximum absolute atomic E-state index is 12.2. The summed E-state index contributed by atoms with van der Waals surface area (Å²) >= 11 is 0. The van der Waals surface area contributed by atoms with Crippen LogP contribution in [0.4, 0.5) is 0 Å². The van der Waals surface area contributed by atoms with Crippen LogP contribution < -0.4 is 9.47 Å². The van der Waals surface area contributed by atoms with E-state index in [2.05, 4.69) is 0 Å². The summed E-state index contributed by atoms with van der Waals surface area (Å²) in [4.78, 5) is 14.0. The zero-order chi connectivity index (χ0) is 14.1. The van der Waals surface area contributed by atoms with Gasteiger partial charge in [-0.05, 0) is 12.1 Å². The van der Waals surface area contributed by atoms with Crippen LogP contribution in [0.2, 0.25) is 0 Å². The van der Waals surface area contributed by atoms with E-state index in [1.165, 1.54) is 0 Å². The van der Waals surface area contributed by atoms with Gasteiger partial charge in [-0.1, -0.05) is 19.9 Å². The number of ether oxygens (including phenoxy) is 3. The van der Waals surface area contributed by atoms with Crippen LogP contribution in [0.5, 0.6) is 11.5 Å². The van der Waals surface area contributed by atoms with E-state index in [1.54, 1.807) is 4.90 Å². The van der Waals surface area contributed by atoms with Gasteiger partial charge in [0.1, 0.15) is 13.2 Å². The molecule has 1 aromatic rings. The molecule has 108 valence electrons. The summed E-state index contributed by atoms with van der Waals surface area (Å²) in [5, 5.41) is 0. The Morgan fingerprint density at radius 3 is 2.70 bits per heavy atom. The summed E-state index contributed by atoms with van der Waals surface area (Å²) < 4.78 is 16.8. The summed E-state index contributed by atoms with van der Waals surface area (Å²) in [7, 11) is 0. The summed E-state index contributed by atoms with van der Waals surface area (Å²) in [6.07, 6.45) is -0.319. The Morgan fingerprint density at radius 1 is 1.20 bits per heavy atom. The van der Waals surface area contributed by atoms with Crippen molar-refractivity contribution < 1.29 is 19.0 Å². The lowest BCUT2D eigenvalue weighted by Gasteiger charge is -2.26. The molecule has 0 aromatic heterocycles. The van der Waals surface area contributed by atoms with E-state index in [0.717, 1.165) is 17.1 Å². The first-order chi connectivity index (χ1) is 9.66. The fraction of sp³-hybridized carbons (Fsp3) is 0.533. The third-order valence-corrected chi connectivity index (χ3v) is 3.52. The molecule has 1 amide bonds. The molecule has 1 aromatic carbocycles. The van der Waals surface area contributed by atoms with Crippen LogP contribution in [-0.4, -0.2) is 37.2 Å². The molecule has 0 aliphatic carbocycles. The van der Waals surface area contributed by atoms with Gasteiger partial charge < -0.3 is 19.1 Å². The predicted octanol–water partition coefficient (Wildman–Crippen LogP) is 1.97. The first kappa shape index (κ1) is 13.2. The monoisotopic (exact) mass is 277 g/mol. The van der Waals surface area contributed by atoms with Gasteiger partial charge >= 0.3 is 0 Å². The van der Waals surface area contributed by atoms with Crippen molar-refractivity contribution in [3.05, 3.63) is 23.8 Å². The quantitative estimate of drug-likeness (QED) is 0.829. The van der Waals surface area contributed by atoms with Crippen molar-refractivity contribution in [3.63, 3.8) is 0 Å². The number of hydrogen-bond donors (Lipinski definition) is 0. The number of carbonyl (C=O) groups excluding carboxylic acids is 1. The zero-order valence-electron chi connectivity index (χ0n) is 11.8. The minimum Gasteiger partial charge on any atom is -0.486 e. The minimum atomic E-state index is -0.319. The zero-order valence-corrected chi connectivity index (χ0v) is 11.8. The van der Waals surface area contributed by atoms with Crippen LogP contribution in [0.15, 0.2) is 18.2 Å². The lowest BCUT2D eigenvalue weighted by atomic mass is 10.1. The third kappa shape index (κ3) is 2.33. The highest BCUT2D eigenvalue weighted by Crippen LogP contribution is 2.36. The van der Waals surface area contributed by atoms with Crippen LogP contribution in [0.3, 0.4) is 0 Å². The molecule has 1 saturated heterocycles. The van der Waals surface area contributed by atoms with Crippen LogP contribution in [0.1, 0.15) is 25.6 Å². The van der Waals surface area contributed by atoms with E-state index in [-0.39, 0.29) is 18.1 Å². The largest absolute Gasteiger partial charge is 0.486 e. The Kier molecular flexibility index (Phi) is 3.53. The van der Waals surface area contributed by atoms with Gasteiger partial charge in [0.05, 0.1) is 6.61 Å². The molecule has 0 saturated carbocycles. The van der Waals surface area contributed by atoms with Crippen molar-refractivity contribution in [2.45, 2.75) is 20.1 Å². The van der Waals surface area contributed by atoms with Crippen molar-refractivity contribution in [3.8, 4) is 11.5 Å². The van der Waals surface area contributed by atoms with Gasteiger partial charge in [0.15, 0.2) is 17.7 Å². The molecule has 1 atom stereocenters. The predicted molar refractivity (Wildman–Crippen MR) is 72.7 cm³/mol. The molecule has 5 heteroatoms. The van der Waals surface area contributed by atoms with Gasteiger partial charge in [0.25, 0.3) is 0 Å². The molecule has 2 aliphatic rings. The summed E-state index contributed by atoms with van der Waals surface area (Å²) in [5.74, 6) is 1.56. The SMILES string of the molecule is CC(C)C(=O)N1CCOC1c1ccc2c(c1)OCCO2. The molecule has 1 fully saturated rings. The molecule has 1 unspecified atom stereocenters.